The number of rotatable bonds is 2. The van der Waals surface area contributed by atoms with Gasteiger partial charge in [-0.05, 0) is 18.8 Å². The van der Waals surface area contributed by atoms with Crippen LogP contribution < -0.4 is 5.32 Å². The van der Waals surface area contributed by atoms with Crippen molar-refractivity contribution < 1.29 is 13.2 Å². The van der Waals surface area contributed by atoms with Crippen LogP contribution >= 0.6 is 0 Å². The fourth-order valence-corrected chi connectivity index (χ4v) is 4.06. The predicted molar refractivity (Wildman–Crippen MR) is 63.5 cm³/mol. The number of carbonyl (C=O) groups excluding carboxylic acids is 1. The summed E-state index contributed by atoms with van der Waals surface area (Å²) in [6.07, 6.45) is 1.98. The lowest BCUT2D eigenvalue weighted by atomic mass is 10.0. The van der Waals surface area contributed by atoms with Crippen LogP contribution in [-0.2, 0) is 15.0 Å². The Morgan fingerprint density at radius 3 is 2.71 bits per heavy atom. The Morgan fingerprint density at radius 1 is 1.29 bits per heavy atom. The highest BCUT2D eigenvalue weighted by molar-refractivity contribution is 7.86. The molecule has 0 spiro atoms. The molecule has 2 heterocycles. The molecular weight excluding hydrogens is 242 g/mol. The first-order valence-electron chi connectivity index (χ1n) is 6.02. The maximum Gasteiger partial charge on any atom is 0.282 e. The molecule has 0 aliphatic carbocycles. The second-order valence-electron chi connectivity index (χ2n) is 4.80. The zero-order valence-electron chi connectivity index (χ0n) is 10.1. The molecule has 0 unspecified atom stereocenters. The van der Waals surface area contributed by atoms with Crippen molar-refractivity contribution >= 4 is 16.1 Å². The van der Waals surface area contributed by atoms with Crippen LogP contribution in [0.1, 0.15) is 19.8 Å². The molecule has 0 bridgehead atoms. The van der Waals surface area contributed by atoms with E-state index in [1.807, 2.05) is 0 Å². The molecule has 98 valence electrons. The maximum atomic E-state index is 12.3. The van der Waals surface area contributed by atoms with Gasteiger partial charge in [-0.2, -0.15) is 17.0 Å². The normalized spacial score (nSPS) is 29.0. The number of amides is 1. The molecule has 0 aromatic carbocycles. The molecule has 2 aliphatic heterocycles. The van der Waals surface area contributed by atoms with Gasteiger partial charge in [0.05, 0.1) is 6.54 Å². The minimum Gasteiger partial charge on any atom is -0.354 e. The van der Waals surface area contributed by atoms with E-state index in [0.717, 1.165) is 12.8 Å². The quantitative estimate of drug-likeness (QED) is 0.721. The monoisotopic (exact) mass is 261 g/mol. The van der Waals surface area contributed by atoms with E-state index in [2.05, 4.69) is 12.2 Å². The first kappa shape index (κ1) is 12.8. The summed E-state index contributed by atoms with van der Waals surface area (Å²) in [5.74, 6) is 0.182. The summed E-state index contributed by atoms with van der Waals surface area (Å²) in [6.45, 7) is 3.93. The van der Waals surface area contributed by atoms with E-state index < -0.39 is 10.2 Å². The summed E-state index contributed by atoms with van der Waals surface area (Å²) in [5, 5.41) is 2.63. The van der Waals surface area contributed by atoms with Crippen molar-refractivity contribution in [3.05, 3.63) is 0 Å². The van der Waals surface area contributed by atoms with Crippen molar-refractivity contribution in [1.29, 1.82) is 0 Å². The van der Waals surface area contributed by atoms with Gasteiger partial charge in [0, 0.05) is 26.2 Å². The van der Waals surface area contributed by atoms with Crippen LogP contribution in [0.15, 0.2) is 0 Å². The minimum atomic E-state index is -3.45. The van der Waals surface area contributed by atoms with E-state index >= 15 is 0 Å². The second-order valence-corrected chi connectivity index (χ2v) is 6.73. The number of nitrogens with zero attached hydrogens (tertiary/aromatic N) is 2. The third kappa shape index (κ3) is 2.78. The van der Waals surface area contributed by atoms with Gasteiger partial charge in [0.1, 0.15) is 0 Å². The van der Waals surface area contributed by atoms with Gasteiger partial charge in [0.25, 0.3) is 10.2 Å². The fourth-order valence-electron chi connectivity index (χ4n) is 2.33. The van der Waals surface area contributed by atoms with E-state index in [9.17, 15) is 13.2 Å². The van der Waals surface area contributed by atoms with Crippen LogP contribution in [0.2, 0.25) is 0 Å². The van der Waals surface area contributed by atoms with Crippen molar-refractivity contribution in [2.24, 2.45) is 5.92 Å². The van der Waals surface area contributed by atoms with Crippen molar-refractivity contribution in [1.82, 2.24) is 13.9 Å². The van der Waals surface area contributed by atoms with E-state index in [1.54, 1.807) is 0 Å². The lowest BCUT2D eigenvalue weighted by Crippen LogP contribution is -2.55. The summed E-state index contributed by atoms with van der Waals surface area (Å²) >= 11 is 0. The van der Waals surface area contributed by atoms with Crippen LogP contribution in [0.4, 0.5) is 0 Å². The van der Waals surface area contributed by atoms with Gasteiger partial charge in [-0.1, -0.05) is 6.92 Å². The molecule has 0 radical (unpaired) electrons. The molecule has 1 amide bonds. The van der Waals surface area contributed by atoms with Crippen molar-refractivity contribution in [2.45, 2.75) is 19.8 Å². The second kappa shape index (κ2) is 4.91. The van der Waals surface area contributed by atoms with E-state index in [4.69, 9.17) is 0 Å². The number of piperazine rings is 1. The van der Waals surface area contributed by atoms with Crippen molar-refractivity contribution in [3.63, 3.8) is 0 Å². The average Bonchev–Trinajstić information content (AvgIpc) is 2.29. The Balaban J connectivity index is 2.09. The Labute approximate surface area is 102 Å². The third-order valence-corrected chi connectivity index (χ3v) is 5.22. The highest BCUT2D eigenvalue weighted by atomic mass is 32.2. The van der Waals surface area contributed by atoms with Gasteiger partial charge >= 0.3 is 0 Å². The summed E-state index contributed by atoms with van der Waals surface area (Å²) in [4.78, 5) is 11.2. The van der Waals surface area contributed by atoms with Crippen molar-refractivity contribution in [2.75, 3.05) is 32.7 Å². The third-order valence-electron chi connectivity index (χ3n) is 3.28. The lowest BCUT2D eigenvalue weighted by molar-refractivity contribution is -0.122. The zero-order chi connectivity index (χ0) is 12.5. The van der Waals surface area contributed by atoms with Gasteiger partial charge in [0.15, 0.2) is 0 Å². The summed E-state index contributed by atoms with van der Waals surface area (Å²) < 4.78 is 27.4. The summed E-state index contributed by atoms with van der Waals surface area (Å²) in [6, 6.07) is 0. The molecule has 2 rings (SSSR count). The van der Waals surface area contributed by atoms with Crippen molar-refractivity contribution in [3.8, 4) is 0 Å². The topological polar surface area (TPSA) is 69.7 Å². The van der Waals surface area contributed by atoms with Crippen LogP contribution in [0.5, 0.6) is 0 Å². The number of nitrogens with one attached hydrogen (secondary N) is 1. The largest absolute Gasteiger partial charge is 0.354 e. The standard InChI is InChI=1S/C10H19N3O3S/c1-9-3-2-5-12(7-9)17(15,16)13-6-4-11-10(14)8-13/h9H,2-8H2,1H3,(H,11,14)/t9-/m0/s1. The molecule has 0 aromatic heterocycles. The van der Waals surface area contributed by atoms with E-state index in [-0.39, 0.29) is 12.5 Å². The molecular formula is C10H19N3O3S. The predicted octanol–water partition coefficient (Wildman–Crippen LogP) is -0.605. The Hall–Kier alpha value is -0.660. The number of carbonyl (C=O) groups is 1. The Morgan fingerprint density at radius 2 is 2.06 bits per heavy atom. The van der Waals surface area contributed by atoms with Crippen LogP contribution in [-0.4, -0.2) is 55.7 Å². The minimum absolute atomic E-state index is 0.0484. The molecule has 0 saturated carbocycles. The zero-order valence-corrected chi connectivity index (χ0v) is 10.9. The average molecular weight is 261 g/mol. The SMILES string of the molecule is C[C@H]1CCCN(S(=O)(=O)N2CCNC(=O)C2)C1. The molecule has 1 N–H and O–H groups in total. The molecule has 17 heavy (non-hydrogen) atoms. The van der Waals surface area contributed by atoms with Gasteiger partial charge in [-0.15, -0.1) is 0 Å². The van der Waals surface area contributed by atoms with Gasteiger partial charge in [-0.25, -0.2) is 0 Å². The van der Waals surface area contributed by atoms with E-state index in [0.29, 0.717) is 32.1 Å². The van der Waals surface area contributed by atoms with Crippen LogP contribution in [0.25, 0.3) is 0 Å². The molecule has 1 atom stereocenters. The highest BCUT2D eigenvalue weighted by Gasteiger charge is 2.34. The fraction of sp³-hybridized carbons (Fsp3) is 0.900. The van der Waals surface area contributed by atoms with Crippen LogP contribution in [0, 0.1) is 5.92 Å². The Bertz CT molecular complexity index is 396. The number of hydrogen-bond donors (Lipinski definition) is 1. The molecule has 6 nitrogen and oxygen atoms in total. The Kier molecular flexibility index (Phi) is 3.70. The molecule has 2 fully saturated rings. The van der Waals surface area contributed by atoms with Gasteiger partial charge < -0.3 is 5.32 Å². The maximum absolute atomic E-state index is 12.3. The van der Waals surface area contributed by atoms with E-state index in [1.165, 1.54) is 8.61 Å². The molecule has 2 aliphatic rings. The van der Waals surface area contributed by atoms with Crippen LogP contribution in [0.3, 0.4) is 0 Å². The highest BCUT2D eigenvalue weighted by Crippen LogP contribution is 2.20. The van der Waals surface area contributed by atoms with Gasteiger partial charge in [-0.3, -0.25) is 4.79 Å². The first-order valence-corrected chi connectivity index (χ1v) is 7.42. The smallest absolute Gasteiger partial charge is 0.282 e. The molecule has 2 saturated heterocycles. The number of piperidine rings is 1. The molecule has 0 aromatic rings. The van der Waals surface area contributed by atoms with Gasteiger partial charge in [0.2, 0.25) is 5.91 Å². The number of hydrogen-bond acceptors (Lipinski definition) is 3. The lowest BCUT2D eigenvalue weighted by Gasteiger charge is -2.35. The first-order chi connectivity index (χ1) is 8.00. The summed E-state index contributed by atoms with van der Waals surface area (Å²) in [5.41, 5.74) is 0. The summed E-state index contributed by atoms with van der Waals surface area (Å²) in [7, 11) is -3.45. The molecule has 7 heteroatoms.